The first-order chi connectivity index (χ1) is 6.86. The number of amides is 1. The van der Waals surface area contributed by atoms with Gasteiger partial charge in [0.2, 0.25) is 5.91 Å². The summed E-state index contributed by atoms with van der Waals surface area (Å²) in [6.45, 7) is 7.70. The van der Waals surface area contributed by atoms with Gasteiger partial charge in [0.15, 0.2) is 0 Å². The first-order valence-corrected chi connectivity index (χ1v) is 5.92. The molecule has 0 spiro atoms. The van der Waals surface area contributed by atoms with Gasteiger partial charge >= 0.3 is 0 Å². The number of carbonyl (C=O) groups is 1. The topological polar surface area (TPSA) is 38.3 Å². The summed E-state index contributed by atoms with van der Waals surface area (Å²) in [5.41, 5.74) is -0.507. The Morgan fingerprint density at radius 2 is 2.13 bits per heavy atom. The average Bonchev–Trinajstić information content (AvgIpc) is 2.45. The van der Waals surface area contributed by atoms with Gasteiger partial charge in [-0.15, -0.1) is 11.6 Å². The number of halogens is 1. The summed E-state index contributed by atoms with van der Waals surface area (Å²) in [4.78, 5) is 11.9. The van der Waals surface area contributed by atoms with Gasteiger partial charge in [-0.2, -0.15) is 0 Å². The van der Waals surface area contributed by atoms with E-state index in [2.05, 4.69) is 5.32 Å². The van der Waals surface area contributed by atoms with Gasteiger partial charge in [-0.3, -0.25) is 4.79 Å². The Hall–Kier alpha value is -0.280. The van der Waals surface area contributed by atoms with Gasteiger partial charge in [0.1, 0.15) is 0 Å². The predicted molar refractivity (Wildman–Crippen MR) is 61.1 cm³/mol. The summed E-state index contributed by atoms with van der Waals surface area (Å²) in [5, 5.41) is 3.00. The van der Waals surface area contributed by atoms with Gasteiger partial charge < -0.3 is 10.1 Å². The van der Waals surface area contributed by atoms with Crippen molar-refractivity contribution in [1.29, 1.82) is 0 Å². The van der Waals surface area contributed by atoms with Gasteiger partial charge in [-0.1, -0.05) is 0 Å². The molecule has 0 bridgehead atoms. The van der Waals surface area contributed by atoms with E-state index in [1.807, 2.05) is 27.7 Å². The number of hydrogen-bond acceptors (Lipinski definition) is 2. The third kappa shape index (κ3) is 3.08. The van der Waals surface area contributed by atoms with Crippen molar-refractivity contribution in [3.63, 3.8) is 0 Å². The van der Waals surface area contributed by atoms with Gasteiger partial charge in [0.25, 0.3) is 0 Å². The highest BCUT2D eigenvalue weighted by atomic mass is 35.5. The summed E-state index contributed by atoms with van der Waals surface area (Å²) >= 11 is 5.75. The van der Waals surface area contributed by atoms with E-state index in [1.165, 1.54) is 0 Å². The molecular weight excluding hydrogens is 214 g/mol. The van der Waals surface area contributed by atoms with Crippen molar-refractivity contribution in [2.45, 2.75) is 52.4 Å². The monoisotopic (exact) mass is 233 g/mol. The Bertz CT molecular complexity index is 243. The minimum atomic E-state index is -0.507. The van der Waals surface area contributed by atoms with Gasteiger partial charge in [0, 0.05) is 5.88 Å². The molecule has 0 saturated carbocycles. The average molecular weight is 234 g/mol. The highest BCUT2D eigenvalue weighted by molar-refractivity contribution is 6.19. The standard InChI is InChI=1S/C11H20ClNO2/c1-7-5-9(8(2)15-7)13-10(14)11(3,4)6-12/h7-9H,5-6H2,1-4H3,(H,13,14). The second kappa shape index (κ2) is 4.71. The maximum absolute atomic E-state index is 11.9. The van der Waals surface area contributed by atoms with Gasteiger partial charge in [0.05, 0.1) is 23.7 Å². The Kier molecular flexibility index (Phi) is 4.01. The lowest BCUT2D eigenvalue weighted by Gasteiger charge is -2.24. The zero-order valence-corrected chi connectivity index (χ0v) is 10.6. The molecule has 1 aliphatic heterocycles. The highest BCUT2D eigenvalue weighted by Crippen LogP contribution is 2.22. The van der Waals surface area contributed by atoms with E-state index in [9.17, 15) is 4.79 Å². The van der Waals surface area contributed by atoms with Crippen LogP contribution in [0.3, 0.4) is 0 Å². The summed E-state index contributed by atoms with van der Waals surface area (Å²) in [5.74, 6) is 0.336. The first-order valence-electron chi connectivity index (χ1n) is 5.39. The summed E-state index contributed by atoms with van der Waals surface area (Å²) in [6, 6.07) is 0.120. The van der Waals surface area contributed by atoms with Crippen LogP contribution in [0.2, 0.25) is 0 Å². The van der Waals surface area contributed by atoms with Crippen LogP contribution in [0.1, 0.15) is 34.1 Å². The molecule has 1 aliphatic rings. The lowest BCUT2D eigenvalue weighted by Crippen LogP contribution is -2.46. The minimum absolute atomic E-state index is 0.00653. The van der Waals surface area contributed by atoms with Crippen LogP contribution in [-0.4, -0.2) is 30.0 Å². The number of ether oxygens (including phenoxy) is 1. The second-order valence-corrected chi connectivity index (χ2v) is 5.25. The summed E-state index contributed by atoms with van der Waals surface area (Å²) in [6.07, 6.45) is 1.20. The molecule has 4 heteroatoms. The Labute approximate surface area is 96.5 Å². The molecule has 0 aromatic carbocycles. The molecule has 3 nitrogen and oxygen atoms in total. The molecule has 1 rings (SSSR count). The van der Waals surface area contributed by atoms with Crippen molar-refractivity contribution < 1.29 is 9.53 Å². The number of rotatable bonds is 3. The van der Waals surface area contributed by atoms with Crippen molar-refractivity contribution >= 4 is 17.5 Å². The molecule has 88 valence electrons. The van der Waals surface area contributed by atoms with Crippen LogP contribution in [0.4, 0.5) is 0 Å². The highest BCUT2D eigenvalue weighted by Gasteiger charge is 2.34. The predicted octanol–water partition coefficient (Wildman–Crippen LogP) is 1.93. The normalized spacial score (nSPS) is 31.7. The third-order valence-corrected chi connectivity index (χ3v) is 3.53. The van der Waals surface area contributed by atoms with Crippen LogP contribution in [0.5, 0.6) is 0 Å². The Morgan fingerprint density at radius 1 is 1.53 bits per heavy atom. The van der Waals surface area contributed by atoms with Crippen LogP contribution >= 0.6 is 11.6 Å². The zero-order valence-electron chi connectivity index (χ0n) is 9.84. The molecule has 0 radical (unpaired) electrons. The van der Waals surface area contributed by atoms with Crippen molar-refractivity contribution in [3.05, 3.63) is 0 Å². The molecule has 1 saturated heterocycles. The lowest BCUT2D eigenvalue weighted by atomic mass is 9.94. The maximum atomic E-state index is 11.9. The van der Waals surface area contributed by atoms with Gasteiger partial charge in [-0.25, -0.2) is 0 Å². The maximum Gasteiger partial charge on any atom is 0.227 e. The molecule has 0 aliphatic carbocycles. The Balaban J connectivity index is 2.52. The van der Waals surface area contributed by atoms with E-state index in [1.54, 1.807) is 0 Å². The molecule has 1 heterocycles. The van der Waals surface area contributed by atoms with Crippen LogP contribution in [-0.2, 0) is 9.53 Å². The molecule has 0 aromatic rings. The van der Waals surface area contributed by atoms with E-state index >= 15 is 0 Å². The van der Waals surface area contributed by atoms with E-state index in [0.717, 1.165) is 6.42 Å². The number of alkyl halides is 1. The molecule has 15 heavy (non-hydrogen) atoms. The fourth-order valence-corrected chi connectivity index (χ4v) is 1.79. The fourth-order valence-electron chi connectivity index (χ4n) is 1.67. The fraction of sp³-hybridized carbons (Fsp3) is 0.909. The summed E-state index contributed by atoms with van der Waals surface area (Å²) in [7, 11) is 0. The van der Waals surface area contributed by atoms with Crippen molar-refractivity contribution in [1.82, 2.24) is 5.32 Å². The number of carbonyl (C=O) groups excluding carboxylic acids is 1. The molecule has 3 atom stereocenters. The molecule has 3 unspecified atom stereocenters. The van der Waals surface area contributed by atoms with Crippen LogP contribution in [0, 0.1) is 5.41 Å². The summed E-state index contributed by atoms with van der Waals surface area (Å²) < 4.78 is 5.57. The second-order valence-electron chi connectivity index (χ2n) is 4.98. The molecular formula is C11H20ClNO2. The molecule has 1 fully saturated rings. The smallest absolute Gasteiger partial charge is 0.227 e. The van der Waals surface area contributed by atoms with E-state index in [0.29, 0.717) is 5.88 Å². The molecule has 1 N–H and O–H groups in total. The van der Waals surface area contributed by atoms with Crippen molar-refractivity contribution in [2.24, 2.45) is 5.41 Å². The number of nitrogens with one attached hydrogen (secondary N) is 1. The van der Waals surface area contributed by atoms with Crippen molar-refractivity contribution in [2.75, 3.05) is 5.88 Å². The molecule has 1 amide bonds. The lowest BCUT2D eigenvalue weighted by molar-refractivity contribution is -0.129. The molecule has 0 aromatic heterocycles. The van der Waals surface area contributed by atoms with E-state index < -0.39 is 5.41 Å². The van der Waals surface area contributed by atoms with Crippen LogP contribution in [0.15, 0.2) is 0 Å². The van der Waals surface area contributed by atoms with E-state index in [4.69, 9.17) is 16.3 Å². The van der Waals surface area contributed by atoms with E-state index in [-0.39, 0.29) is 24.2 Å². The number of hydrogen-bond donors (Lipinski definition) is 1. The van der Waals surface area contributed by atoms with Crippen molar-refractivity contribution in [3.8, 4) is 0 Å². The SMILES string of the molecule is CC1CC(NC(=O)C(C)(C)CCl)C(C)O1. The first kappa shape index (κ1) is 12.8. The largest absolute Gasteiger partial charge is 0.373 e. The minimum Gasteiger partial charge on any atom is -0.373 e. The quantitative estimate of drug-likeness (QED) is 0.757. The van der Waals surface area contributed by atoms with Crippen LogP contribution < -0.4 is 5.32 Å². The zero-order chi connectivity index (χ0) is 11.6. The third-order valence-electron chi connectivity index (χ3n) is 2.86. The van der Waals surface area contributed by atoms with Crippen LogP contribution in [0.25, 0.3) is 0 Å². The van der Waals surface area contributed by atoms with Gasteiger partial charge in [-0.05, 0) is 34.1 Å². The Morgan fingerprint density at radius 3 is 2.53 bits per heavy atom.